The Morgan fingerprint density at radius 3 is 2.43 bits per heavy atom. The zero-order valence-corrected chi connectivity index (χ0v) is 10.4. The molecule has 0 fully saturated rings. The van der Waals surface area contributed by atoms with Crippen molar-refractivity contribution in [1.29, 1.82) is 0 Å². The summed E-state index contributed by atoms with van der Waals surface area (Å²) < 4.78 is 0. The van der Waals surface area contributed by atoms with Gasteiger partial charge in [0.05, 0.1) is 0 Å². The third-order valence-corrected chi connectivity index (χ3v) is 2.91. The van der Waals surface area contributed by atoms with Crippen molar-refractivity contribution >= 4 is 11.8 Å². The maximum Gasteiger partial charge on any atom is 0.00773 e. The summed E-state index contributed by atoms with van der Waals surface area (Å²) in [6.45, 7) is 9.00. The molecule has 1 rings (SSSR count). The molecule has 0 aliphatic heterocycles. The second-order valence-corrected chi connectivity index (χ2v) is 6.06. The molecular weight excluding hydrogens is 188 g/mol. The van der Waals surface area contributed by atoms with E-state index in [2.05, 4.69) is 52.0 Å². The summed E-state index contributed by atoms with van der Waals surface area (Å²) in [7, 11) is 0. The van der Waals surface area contributed by atoms with Gasteiger partial charge >= 0.3 is 0 Å². The summed E-state index contributed by atoms with van der Waals surface area (Å²) in [6.07, 6.45) is 1.19. The van der Waals surface area contributed by atoms with Crippen LogP contribution in [0, 0.1) is 5.92 Å². The van der Waals surface area contributed by atoms with Gasteiger partial charge in [0, 0.05) is 10.1 Å². The Labute approximate surface area is 92.1 Å². The molecule has 0 atom stereocenters. The van der Waals surface area contributed by atoms with E-state index < -0.39 is 0 Å². The molecule has 0 saturated carbocycles. The molecule has 1 heteroatoms. The summed E-state index contributed by atoms with van der Waals surface area (Å²) in [5.41, 5.74) is 1.46. The van der Waals surface area contributed by atoms with Crippen LogP contribution < -0.4 is 0 Å². The zero-order valence-electron chi connectivity index (χ0n) is 9.58. The van der Waals surface area contributed by atoms with Gasteiger partial charge in [0.1, 0.15) is 0 Å². The number of hydrogen-bond donors (Lipinski definition) is 0. The minimum Gasteiger partial charge on any atom is -0.123 e. The second kappa shape index (κ2) is 5.45. The van der Waals surface area contributed by atoms with Gasteiger partial charge in [-0.3, -0.25) is 0 Å². The van der Waals surface area contributed by atoms with Crippen LogP contribution in [0.5, 0.6) is 0 Å². The average Bonchev–Trinajstić information content (AvgIpc) is 2.01. The SMILES string of the molecule is CC(C)Cc1cccc(SC(C)C)c1. The van der Waals surface area contributed by atoms with Crippen molar-refractivity contribution in [1.82, 2.24) is 0 Å². The summed E-state index contributed by atoms with van der Waals surface area (Å²) in [5.74, 6) is 0.745. The van der Waals surface area contributed by atoms with Crippen molar-refractivity contribution in [3.63, 3.8) is 0 Å². The largest absolute Gasteiger partial charge is 0.123 e. The Bertz CT molecular complexity index is 251. The van der Waals surface area contributed by atoms with Crippen LogP contribution in [0.25, 0.3) is 0 Å². The molecule has 0 bridgehead atoms. The molecule has 0 saturated heterocycles. The lowest BCUT2D eigenvalue weighted by Gasteiger charge is -2.08. The van der Waals surface area contributed by atoms with E-state index in [0.29, 0.717) is 5.25 Å². The summed E-state index contributed by atoms with van der Waals surface area (Å²) in [5, 5.41) is 0.671. The molecule has 0 spiro atoms. The standard InChI is InChI=1S/C13H20S/c1-10(2)8-12-6-5-7-13(9-12)14-11(3)4/h5-7,9-11H,8H2,1-4H3. The first-order chi connectivity index (χ1) is 6.58. The smallest absolute Gasteiger partial charge is 0.00773 e. The lowest BCUT2D eigenvalue weighted by Crippen LogP contribution is -1.94. The quantitative estimate of drug-likeness (QED) is 0.661. The highest BCUT2D eigenvalue weighted by atomic mass is 32.2. The molecule has 0 amide bonds. The van der Waals surface area contributed by atoms with Crippen LogP contribution in [0.15, 0.2) is 29.2 Å². The lowest BCUT2D eigenvalue weighted by molar-refractivity contribution is 0.646. The predicted molar refractivity (Wildman–Crippen MR) is 66.0 cm³/mol. The zero-order chi connectivity index (χ0) is 10.6. The van der Waals surface area contributed by atoms with Gasteiger partial charge in [-0.15, -0.1) is 11.8 Å². The molecule has 1 aromatic rings. The maximum absolute atomic E-state index is 2.32. The normalized spacial score (nSPS) is 11.3. The van der Waals surface area contributed by atoms with Gasteiger partial charge in [-0.05, 0) is 30.0 Å². The summed E-state index contributed by atoms with van der Waals surface area (Å²) in [6, 6.07) is 8.92. The van der Waals surface area contributed by atoms with E-state index >= 15 is 0 Å². The van der Waals surface area contributed by atoms with Crippen molar-refractivity contribution in [2.45, 2.75) is 44.3 Å². The highest BCUT2D eigenvalue weighted by Crippen LogP contribution is 2.24. The highest BCUT2D eigenvalue weighted by Gasteiger charge is 2.01. The first-order valence-corrected chi connectivity index (χ1v) is 6.21. The Morgan fingerprint density at radius 1 is 1.14 bits per heavy atom. The van der Waals surface area contributed by atoms with E-state index in [1.165, 1.54) is 16.9 Å². The topological polar surface area (TPSA) is 0 Å². The molecule has 0 aliphatic rings. The molecule has 0 aromatic heterocycles. The predicted octanol–water partition coefficient (Wildman–Crippen LogP) is 4.39. The molecule has 0 unspecified atom stereocenters. The molecule has 0 nitrogen and oxygen atoms in total. The van der Waals surface area contributed by atoms with Gasteiger partial charge in [-0.25, -0.2) is 0 Å². The van der Waals surface area contributed by atoms with Crippen LogP contribution in [0.4, 0.5) is 0 Å². The van der Waals surface area contributed by atoms with Crippen molar-refractivity contribution in [2.75, 3.05) is 0 Å². The number of rotatable bonds is 4. The van der Waals surface area contributed by atoms with Gasteiger partial charge in [0.25, 0.3) is 0 Å². The van der Waals surface area contributed by atoms with Crippen LogP contribution in [0.2, 0.25) is 0 Å². The average molecular weight is 208 g/mol. The number of benzene rings is 1. The van der Waals surface area contributed by atoms with Gasteiger partial charge in [-0.2, -0.15) is 0 Å². The van der Waals surface area contributed by atoms with E-state index in [1.807, 2.05) is 11.8 Å². The van der Waals surface area contributed by atoms with Crippen LogP contribution in [0.3, 0.4) is 0 Å². The summed E-state index contributed by atoms with van der Waals surface area (Å²) in [4.78, 5) is 1.40. The van der Waals surface area contributed by atoms with Gasteiger partial charge in [0.2, 0.25) is 0 Å². The molecule has 0 N–H and O–H groups in total. The van der Waals surface area contributed by atoms with E-state index in [0.717, 1.165) is 5.92 Å². The third kappa shape index (κ3) is 4.19. The fraction of sp³-hybridized carbons (Fsp3) is 0.538. The fourth-order valence-corrected chi connectivity index (χ4v) is 2.41. The maximum atomic E-state index is 2.32. The Balaban J connectivity index is 2.68. The Hall–Kier alpha value is -0.430. The van der Waals surface area contributed by atoms with Crippen LogP contribution >= 0.6 is 11.8 Å². The van der Waals surface area contributed by atoms with E-state index in [4.69, 9.17) is 0 Å². The van der Waals surface area contributed by atoms with Gasteiger partial charge in [-0.1, -0.05) is 39.8 Å². The molecule has 14 heavy (non-hydrogen) atoms. The van der Waals surface area contributed by atoms with E-state index in [9.17, 15) is 0 Å². The monoisotopic (exact) mass is 208 g/mol. The fourth-order valence-electron chi connectivity index (χ4n) is 1.49. The third-order valence-electron chi connectivity index (χ3n) is 1.91. The minimum atomic E-state index is 0.671. The Kier molecular flexibility index (Phi) is 4.53. The first kappa shape index (κ1) is 11.6. The number of thioether (sulfide) groups is 1. The Morgan fingerprint density at radius 2 is 1.86 bits per heavy atom. The molecular formula is C13H20S. The molecule has 0 heterocycles. The number of hydrogen-bond acceptors (Lipinski definition) is 1. The van der Waals surface area contributed by atoms with Crippen molar-refractivity contribution < 1.29 is 0 Å². The van der Waals surface area contributed by atoms with E-state index in [1.54, 1.807) is 0 Å². The van der Waals surface area contributed by atoms with Crippen LogP contribution in [-0.4, -0.2) is 5.25 Å². The minimum absolute atomic E-state index is 0.671. The van der Waals surface area contributed by atoms with Crippen molar-refractivity contribution in [3.8, 4) is 0 Å². The van der Waals surface area contributed by atoms with Crippen LogP contribution in [0.1, 0.15) is 33.3 Å². The van der Waals surface area contributed by atoms with Crippen molar-refractivity contribution in [2.24, 2.45) is 5.92 Å². The van der Waals surface area contributed by atoms with E-state index in [-0.39, 0.29) is 0 Å². The molecule has 78 valence electrons. The van der Waals surface area contributed by atoms with Gasteiger partial charge in [0.15, 0.2) is 0 Å². The first-order valence-electron chi connectivity index (χ1n) is 5.33. The lowest BCUT2D eigenvalue weighted by atomic mass is 10.0. The van der Waals surface area contributed by atoms with Crippen molar-refractivity contribution in [3.05, 3.63) is 29.8 Å². The molecule has 0 aliphatic carbocycles. The van der Waals surface area contributed by atoms with Gasteiger partial charge < -0.3 is 0 Å². The molecule has 1 aromatic carbocycles. The summed E-state index contributed by atoms with van der Waals surface area (Å²) >= 11 is 1.94. The van der Waals surface area contributed by atoms with Crippen LogP contribution in [-0.2, 0) is 6.42 Å². The highest BCUT2D eigenvalue weighted by molar-refractivity contribution is 7.99. The molecule has 0 radical (unpaired) electrons. The second-order valence-electron chi connectivity index (χ2n) is 4.41.